The summed E-state index contributed by atoms with van der Waals surface area (Å²) >= 11 is 11.9. The number of benzene rings is 1. The fourth-order valence-electron chi connectivity index (χ4n) is 1.85. The molecule has 1 aromatic carbocycles. The van der Waals surface area contributed by atoms with E-state index >= 15 is 0 Å². The Balaban J connectivity index is 2.09. The molecule has 7 heteroatoms. The Hall–Kier alpha value is -1.14. The maximum absolute atomic E-state index is 6.00. The lowest BCUT2D eigenvalue weighted by molar-refractivity contribution is -0.142. The van der Waals surface area contributed by atoms with Crippen molar-refractivity contribution in [2.24, 2.45) is 0 Å². The number of halogens is 2. The Kier molecular flexibility index (Phi) is 5.99. The van der Waals surface area contributed by atoms with E-state index in [1.54, 1.807) is 16.9 Å². The second-order valence-corrected chi connectivity index (χ2v) is 5.15. The summed E-state index contributed by atoms with van der Waals surface area (Å²) in [6.07, 6.45) is 1.32. The van der Waals surface area contributed by atoms with Crippen molar-refractivity contribution in [3.63, 3.8) is 0 Å². The van der Waals surface area contributed by atoms with Crippen molar-refractivity contribution in [2.45, 2.75) is 26.7 Å². The molecule has 0 fully saturated rings. The lowest BCUT2D eigenvalue weighted by Gasteiger charge is -2.13. The minimum Gasteiger partial charge on any atom is -0.347 e. The summed E-state index contributed by atoms with van der Waals surface area (Å²) in [4.78, 5) is 0. The molecule has 0 radical (unpaired) electrons. The third kappa shape index (κ3) is 4.41. The molecule has 1 heterocycles. The molecule has 0 unspecified atom stereocenters. The first-order chi connectivity index (χ1) is 10.1. The summed E-state index contributed by atoms with van der Waals surface area (Å²) in [5, 5.41) is 9.23. The minimum absolute atomic E-state index is 0.484. The molecule has 0 spiro atoms. The van der Waals surface area contributed by atoms with Crippen LogP contribution in [0.15, 0.2) is 24.4 Å². The summed E-state index contributed by atoms with van der Waals surface area (Å²) in [5.74, 6) is 0. The fourth-order valence-corrected chi connectivity index (χ4v) is 2.17. The van der Waals surface area contributed by atoms with Gasteiger partial charge >= 0.3 is 0 Å². The average Bonchev–Trinajstić information content (AvgIpc) is 2.91. The molecule has 0 amide bonds. The number of rotatable bonds is 7. The SMILES string of the molecule is CCOC(OCC)c1cn(Cc2ccc(Cl)c(Cl)c2)nn1. The van der Waals surface area contributed by atoms with Gasteiger partial charge in [-0.05, 0) is 31.5 Å². The van der Waals surface area contributed by atoms with Gasteiger partial charge in [-0.3, -0.25) is 0 Å². The van der Waals surface area contributed by atoms with Crippen LogP contribution in [0.3, 0.4) is 0 Å². The lowest BCUT2D eigenvalue weighted by Crippen LogP contribution is -2.09. The summed E-state index contributed by atoms with van der Waals surface area (Å²) in [6.45, 7) is 5.46. The normalized spacial score (nSPS) is 11.3. The highest BCUT2D eigenvalue weighted by atomic mass is 35.5. The van der Waals surface area contributed by atoms with Crippen LogP contribution in [-0.4, -0.2) is 28.2 Å². The zero-order chi connectivity index (χ0) is 15.2. The molecule has 2 rings (SSSR count). The van der Waals surface area contributed by atoms with E-state index in [4.69, 9.17) is 32.7 Å². The highest BCUT2D eigenvalue weighted by Gasteiger charge is 2.15. The van der Waals surface area contributed by atoms with Crippen LogP contribution in [0.25, 0.3) is 0 Å². The third-order valence-electron chi connectivity index (χ3n) is 2.76. The van der Waals surface area contributed by atoms with Gasteiger partial charge in [0.2, 0.25) is 6.29 Å². The van der Waals surface area contributed by atoms with Crippen molar-refractivity contribution in [2.75, 3.05) is 13.2 Å². The quantitative estimate of drug-likeness (QED) is 0.726. The van der Waals surface area contributed by atoms with Crippen LogP contribution in [0.1, 0.15) is 31.4 Å². The maximum atomic E-state index is 6.00. The predicted octanol–water partition coefficient (Wildman–Crippen LogP) is 3.70. The second-order valence-electron chi connectivity index (χ2n) is 4.33. The van der Waals surface area contributed by atoms with E-state index in [1.807, 2.05) is 26.0 Å². The van der Waals surface area contributed by atoms with E-state index in [0.717, 1.165) is 5.56 Å². The Morgan fingerprint density at radius 1 is 1.14 bits per heavy atom. The number of aromatic nitrogens is 3. The van der Waals surface area contributed by atoms with Crippen LogP contribution >= 0.6 is 23.2 Å². The van der Waals surface area contributed by atoms with Crippen molar-refractivity contribution >= 4 is 23.2 Å². The zero-order valence-electron chi connectivity index (χ0n) is 11.9. The Morgan fingerprint density at radius 3 is 2.48 bits per heavy atom. The van der Waals surface area contributed by atoms with Gasteiger partial charge in [0.05, 0.1) is 22.8 Å². The molecule has 21 heavy (non-hydrogen) atoms. The number of nitrogens with zero attached hydrogens (tertiary/aromatic N) is 3. The number of hydrogen-bond donors (Lipinski definition) is 0. The van der Waals surface area contributed by atoms with Crippen LogP contribution in [0.4, 0.5) is 0 Å². The highest BCUT2D eigenvalue weighted by Crippen LogP contribution is 2.23. The van der Waals surface area contributed by atoms with Crippen molar-refractivity contribution < 1.29 is 9.47 Å². The molecular formula is C14H17Cl2N3O2. The van der Waals surface area contributed by atoms with Crippen LogP contribution in [0, 0.1) is 0 Å². The predicted molar refractivity (Wildman–Crippen MR) is 81.6 cm³/mol. The van der Waals surface area contributed by atoms with Gasteiger partial charge in [0.15, 0.2) is 0 Å². The van der Waals surface area contributed by atoms with Gasteiger partial charge in [-0.2, -0.15) is 0 Å². The van der Waals surface area contributed by atoms with Crippen LogP contribution in [0.5, 0.6) is 0 Å². The van der Waals surface area contributed by atoms with E-state index in [1.165, 1.54) is 0 Å². The summed E-state index contributed by atoms with van der Waals surface area (Å²) in [5.41, 5.74) is 1.64. The molecule has 0 saturated carbocycles. The van der Waals surface area contributed by atoms with Crippen LogP contribution in [-0.2, 0) is 16.0 Å². The summed E-state index contributed by atoms with van der Waals surface area (Å²) in [6, 6.07) is 5.48. The highest BCUT2D eigenvalue weighted by molar-refractivity contribution is 6.42. The first-order valence-electron chi connectivity index (χ1n) is 6.71. The molecular weight excluding hydrogens is 313 g/mol. The monoisotopic (exact) mass is 329 g/mol. The molecule has 0 N–H and O–H groups in total. The Labute approximate surface area is 133 Å². The van der Waals surface area contributed by atoms with Crippen molar-refractivity contribution in [3.8, 4) is 0 Å². The summed E-state index contributed by atoms with van der Waals surface area (Å²) in [7, 11) is 0. The van der Waals surface area contributed by atoms with Crippen molar-refractivity contribution in [1.82, 2.24) is 15.0 Å². The van der Waals surface area contributed by atoms with E-state index in [9.17, 15) is 0 Å². The van der Waals surface area contributed by atoms with Gasteiger partial charge in [0, 0.05) is 13.2 Å². The minimum atomic E-state index is -0.484. The smallest absolute Gasteiger partial charge is 0.204 e. The number of ether oxygens (including phenoxy) is 2. The van der Waals surface area contributed by atoms with Crippen LogP contribution in [0.2, 0.25) is 10.0 Å². The van der Waals surface area contributed by atoms with E-state index < -0.39 is 6.29 Å². The molecule has 0 aliphatic carbocycles. The van der Waals surface area contributed by atoms with Crippen LogP contribution < -0.4 is 0 Å². The molecule has 1 aromatic heterocycles. The molecule has 114 valence electrons. The molecule has 2 aromatic rings. The van der Waals surface area contributed by atoms with Crippen molar-refractivity contribution in [1.29, 1.82) is 0 Å². The van der Waals surface area contributed by atoms with Gasteiger partial charge in [-0.25, -0.2) is 4.68 Å². The van der Waals surface area contributed by atoms with Gasteiger partial charge in [0.25, 0.3) is 0 Å². The summed E-state index contributed by atoms with van der Waals surface area (Å²) < 4.78 is 12.7. The molecule has 5 nitrogen and oxygen atoms in total. The molecule has 0 atom stereocenters. The topological polar surface area (TPSA) is 49.2 Å². The standard InChI is InChI=1S/C14H17Cl2N3O2/c1-3-20-14(21-4-2)13-9-19(18-17-13)8-10-5-6-11(15)12(16)7-10/h5-7,9,14H,3-4,8H2,1-2H3. The van der Waals surface area contributed by atoms with E-state index in [2.05, 4.69) is 10.3 Å². The van der Waals surface area contributed by atoms with Gasteiger partial charge < -0.3 is 9.47 Å². The Bertz CT molecular complexity index is 583. The largest absolute Gasteiger partial charge is 0.347 e. The second kappa shape index (κ2) is 7.75. The first-order valence-corrected chi connectivity index (χ1v) is 7.46. The first kappa shape index (κ1) is 16.2. The zero-order valence-corrected chi connectivity index (χ0v) is 13.4. The third-order valence-corrected chi connectivity index (χ3v) is 3.50. The molecule has 0 aliphatic heterocycles. The molecule has 0 bridgehead atoms. The number of hydrogen-bond acceptors (Lipinski definition) is 4. The molecule has 0 aliphatic rings. The van der Waals surface area contributed by atoms with Gasteiger partial charge in [-0.15, -0.1) is 5.10 Å². The van der Waals surface area contributed by atoms with E-state index in [-0.39, 0.29) is 0 Å². The lowest BCUT2D eigenvalue weighted by atomic mass is 10.2. The maximum Gasteiger partial charge on any atom is 0.204 e. The van der Waals surface area contributed by atoms with E-state index in [0.29, 0.717) is 35.5 Å². The van der Waals surface area contributed by atoms with Gasteiger partial charge in [0.1, 0.15) is 5.69 Å². The van der Waals surface area contributed by atoms with Crippen molar-refractivity contribution in [3.05, 3.63) is 45.7 Å². The molecule has 0 saturated heterocycles. The average molecular weight is 330 g/mol. The van der Waals surface area contributed by atoms with Gasteiger partial charge in [-0.1, -0.05) is 34.5 Å². The fraction of sp³-hybridized carbons (Fsp3) is 0.429. The Morgan fingerprint density at radius 2 is 1.86 bits per heavy atom.